The number of fused-ring (bicyclic) bond motifs is 1. The summed E-state index contributed by atoms with van der Waals surface area (Å²) >= 11 is 0. The number of aromatic nitrogens is 4. The lowest BCUT2D eigenvalue weighted by atomic mass is 9.88. The molecule has 2 fully saturated rings. The van der Waals surface area contributed by atoms with Gasteiger partial charge in [-0.2, -0.15) is 5.10 Å². The molecule has 0 saturated carbocycles. The number of ether oxygens (including phenoxy) is 3. The molecule has 238 valence electrons. The predicted molar refractivity (Wildman–Crippen MR) is 163 cm³/mol. The summed E-state index contributed by atoms with van der Waals surface area (Å²) in [6.07, 6.45) is 6.31. The highest BCUT2D eigenvalue weighted by atomic mass is 19.1. The zero-order chi connectivity index (χ0) is 31.7. The topological polar surface area (TPSA) is 120 Å². The van der Waals surface area contributed by atoms with Crippen LogP contribution in [-0.4, -0.2) is 89.2 Å². The molecule has 3 aromatic heterocycles. The van der Waals surface area contributed by atoms with Crippen LogP contribution in [0.1, 0.15) is 31.2 Å². The molecule has 0 radical (unpaired) electrons. The Balaban J connectivity index is 1.25. The Bertz CT molecular complexity index is 1640. The van der Waals surface area contributed by atoms with Gasteiger partial charge in [0.2, 0.25) is 0 Å². The van der Waals surface area contributed by atoms with Crippen LogP contribution in [-0.2, 0) is 15.9 Å². The average molecular weight is 622 g/mol. The van der Waals surface area contributed by atoms with Gasteiger partial charge in [0.1, 0.15) is 29.3 Å². The van der Waals surface area contributed by atoms with Crippen LogP contribution in [0.5, 0.6) is 5.75 Å². The van der Waals surface area contributed by atoms with Gasteiger partial charge in [-0.3, -0.25) is 4.98 Å². The molecular formula is C32H37F2N7O4. The number of anilines is 1. The van der Waals surface area contributed by atoms with Crippen LogP contribution in [0.3, 0.4) is 0 Å². The van der Waals surface area contributed by atoms with Gasteiger partial charge in [-0.05, 0) is 24.1 Å². The van der Waals surface area contributed by atoms with Crippen LogP contribution in [0.2, 0.25) is 0 Å². The Labute approximate surface area is 259 Å². The van der Waals surface area contributed by atoms with Crippen molar-refractivity contribution in [2.75, 3.05) is 45.4 Å². The Morgan fingerprint density at radius 1 is 1.13 bits per heavy atom. The van der Waals surface area contributed by atoms with Gasteiger partial charge >= 0.3 is 6.09 Å². The minimum absolute atomic E-state index is 0.0635. The first-order valence-corrected chi connectivity index (χ1v) is 15.0. The minimum Gasteiger partial charge on any atom is -0.490 e. The standard InChI is InChI=1S/C32H37F2N7O4/c1-19-17-40(18-26(35)31(19)39(2)32(42)43-3)28-6-9-36-15-20(28)12-29-37-16-21-4-5-27(38-41(21)29)30-24(33)13-23(14-25(30)34)45-22-7-10-44-11-8-22/h4-6,9,13-16,19,22,26,31H,7-8,10-12,17-18,35H2,1-3H3/t19-,26+,31-/m0/s1. The summed E-state index contributed by atoms with van der Waals surface area (Å²) in [7, 11) is 3.07. The number of pyridine rings is 1. The van der Waals surface area contributed by atoms with Crippen LogP contribution in [0.25, 0.3) is 16.8 Å². The van der Waals surface area contributed by atoms with Crippen molar-refractivity contribution in [3.05, 3.63) is 71.9 Å². The second kappa shape index (κ2) is 12.9. The van der Waals surface area contributed by atoms with E-state index in [9.17, 15) is 4.79 Å². The van der Waals surface area contributed by atoms with Crippen LogP contribution in [0, 0.1) is 17.6 Å². The number of carbonyl (C=O) groups excluding carboxylic acids is 1. The molecule has 4 aromatic rings. The fourth-order valence-electron chi connectivity index (χ4n) is 6.52. The number of likely N-dealkylation sites (N-methyl/N-ethyl adjacent to an activating group) is 1. The number of imidazole rings is 1. The van der Waals surface area contributed by atoms with Crippen molar-refractivity contribution in [1.82, 2.24) is 24.5 Å². The number of carbonyl (C=O) groups is 1. The summed E-state index contributed by atoms with van der Waals surface area (Å²) < 4.78 is 48.3. The van der Waals surface area contributed by atoms with Crippen molar-refractivity contribution in [3.63, 3.8) is 0 Å². The number of rotatable bonds is 7. The average Bonchev–Trinajstić information content (AvgIpc) is 3.42. The number of hydrogen-bond acceptors (Lipinski definition) is 9. The molecule has 3 atom stereocenters. The molecule has 1 amide bonds. The second-order valence-corrected chi connectivity index (χ2v) is 11.7. The molecule has 1 aromatic carbocycles. The highest BCUT2D eigenvalue weighted by Gasteiger charge is 2.38. The van der Waals surface area contributed by atoms with Gasteiger partial charge < -0.3 is 29.7 Å². The number of nitrogens with two attached hydrogens (primary N) is 1. The van der Waals surface area contributed by atoms with Crippen molar-refractivity contribution in [2.45, 2.75) is 44.4 Å². The second-order valence-electron chi connectivity index (χ2n) is 11.7. The monoisotopic (exact) mass is 621 g/mol. The number of amides is 1. The third kappa shape index (κ3) is 6.27. The van der Waals surface area contributed by atoms with Crippen LogP contribution in [0.4, 0.5) is 19.3 Å². The smallest absolute Gasteiger partial charge is 0.409 e. The predicted octanol–water partition coefficient (Wildman–Crippen LogP) is 4.07. The quantitative estimate of drug-likeness (QED) is 0.326. The van der Waals surface area contributed by atoms with Crippen LogP contribution >= 0.6 is 0 Å². The minimum atomic E-state index is -0.758. The maximum absolute atomic E-state index is 15.3. The molecular weight excluding hydrogens is 584 g/mol. The SMILES string of the molecule is COC(=O)N(C)[C@@H]1[C@H](N)CN(c2ccncc2Cc2ncc3ccc(-c4c(F)cc(OC5CCOCC5)cc4F)nn23)C[C@@H]1C. The van der Waals surface area contributed by atoms with E-state index in [4.69, 9.17) is 19.9 Å². The molecule has 45 heavy (non-hydrogen) atoms. The van der Waals surface area contributed by atoms with Gasteiger partial charge in [0.05, 0.1) is 49.3 Å². The Hall–Kier alpha value is -4.36. The highest BCUT2D eigenvalue weighted by Crippen LogP contribution is 2.32. The Kier molecular flexibility index (Phi) is 8.81. The maximum Gasteiger partial charge on any atom is 0.409 e. The lowest BCUT2D eigenvalue weighted by Crippen LogP contribution is -2.62. The van der Waals surface area contributed by atoms with Crippen molar-refractivity contribution < 1.29 is 27.8 Å². The molecule has 2 aliphatic rings. The summed E-state index contributed by atoms with van der Waals surface area (Å²) in [5, 5.41) is 4.60. The van der Waals surface area contributed by atoms with Gasteiger partial charge in [-0.1, -0.05) is 6.92 Å². The molecule has 0 bridgehead atoms. The normalized spacial score (nSPS) is 20.8. The lowest BCUT2D eigenvalue weighted by molar-refractivity contribution is 0.0253. The van der Waals surface area contributed by atoms with E-state index in [0.717, 1.165) is 11.3 Å². The molecule has 6 rings (SSSR count). The number of piperidine rings is 1. The third-order valence-electron chi connectivity index (χ3n) is 8.64. The highest BCUT2D eigenvalue weighted by molar-refractivity contribution is 5.68. The molecule has 13 heteroatoms. The van der Waals surface area contributed by atoms with Gasteiger partial charge in [0, 0.05) is 81.2 Å². The van der Waals surface area contributed by atoms with E-state index < -0.39 is 17.7 Å². The summed E-state index contributed by atoms with van der Waals surface area (Å²) in [6.45, 7) is 4.36. The Morgan fingerprint density at radius 3 is 2.60 bits per heavy atom. The van der Waals surface area contributed by atoms with Crippen molar-refractivity contribution in [1.29, 1.82) is 0 Å². The van der Waals surface area contributed by atoms with E-state index in [2.05, 4.69) is 26.9 Å². The lowest BCUT2D eigenvalue weighted by Gasteiger charge is -2.45. The zero-order valence-corrected chi connectivity index (χ0v) is 25.5. The maximum atomic E-state index is 15.3. The fourth-order valence-corrected chi connectivity index (χ4v) is 6.52. The van der Waals surface area contributed by atoms with Gasteiger partial charge in [-0.15, -0.1) is 0 Å². The van der Waals surface area contributed by atoms with Gasteiger partial charge in [0.25, 0.3) is 0 Å². The third-order valence-corrected chi connectivity index (χ3v) is 8.64. The van der Waals surface area contributed by atoms with E-state index in [1.165, 1.54) is 19.2 Å². The summed E-state index contributed by atoms with van der Waals surface area (Å²) in [5.74, 6) is -0.726. The van der Waals surface area contributed by atoms with Crippen molar-refractivity contribution in [2.24, 2.45) is 11.7 Å². The first-order chi connectivity index (χ1) is 21.7. The molecule has 0 aliphatic carbocycles. The number of halogens is 2. The molecule has 0 spiro atoms. The van der Waals surface area contributed by atoms with E-state index in [-0.39, 0.29) is 41.1 Å². The van der Waals surface area contributed by atoms with Crippen molar-refractivity contribution >= 4 is 17.3 Å². The summed E-state index contributed by atoms with van der Waals surface area (Å²) in [5.41, 5.74) is 9.01. The van der Waals surface area contributed by atoms with Gasteiger partial charge in [0.15, 0.2) is 0 Å². The molecule has 2 saturated heterocycles. The van der Waals surface area contributed by atoms with Crippen LogP contribution in [0.15, 0.2) is 48.9 Å². The number of nitrogens with zero attached hydrogens (tertiary/aromatic N) is 6. The molecule has 11 nitrogen and oxygen atoms in total. The number of benzene rings is 1. The van der Waals surface area contributed by atoms with Crippen molar-refractivity contribution in [3.8, 4) is 17.0 Å². The first-order valence-electron chi connectivity index (χ1n) is 15.0. The summed E-state index contributed by atoms with van der Waals surface area (Å²) in [4.78, 5) is 24.9. The first kappa shape index (κ1) is 30.7. The molecule has 2 N–H and O–H groups in total. The fraction of sp³-hybridized carbons (Fsp3) is 0.438. The summed E-state index contributed by atoms with van der Waals surface area (Å²) in [6, 6.07) is 7.16. The molecule has 0 unspecified atom stereocenters. The van der Waals surface area contributed by atoms with Gasteiger partial charge in [-0.25, -0.2) is 23.1 Å². The van der Waals surface area contributed by atoms with E-state index in [1.54, 1.807) is 47.2 Å². The number of hydrogen-bond donors (Lipinski definition) is 1. The largest absolute Gasteiger partial charge is 0.490 e. The Morgan fingerprint density at radius 2 is 1.89 bits per heavy atom. The molecule has 2 aliphatic heterocycles. The van der Waals surface area contributed by atoms with E-state index in [0.29, 0.717) is 56.9 Å². The number of methoxy groups -OCH3 is 1. The van der Waals surface area contributed by atoms with E-state index >= 15 is 8.78 Å². The van der Waals surface area contributed by atoms with Crippen LogP contribution < -0.4 is 15.4 Å². The molecule has 5 heterocycles. The van der Waals surface area contributed by atoms with E-state index in [1.807, 2.05) is 6.07 Å². The zero-order valence-electron chi connectivity index (χ0n) is 25.5.